The van der Waals surface area contributed by atoms with Crippen molar-refractivity contribution < 1.29 is 9.53 Å². The van der Waals surface area contributed by atoms with Gasteiger partial charge in [0.25, 0.3) is 5.91 Å². The number of amides is 1. The van der Waals surface area contributed by atoms with Gasteiger partial charge in [-0.2, -0.15) is 4.98 Å². The fraction of sp³-hybridized carbons (Fsp3) is 0.318. The van der Waals surface area contributed by atoms with Crippen molar-refractivity contribution in [1.29, 1.82) is 0 Å². The molecule has 3 aromatic rings. The maximum Gasteiger partial charge on any atom is 0.270 e. The Labute approximate surface area is 190 Å². The predicted molar refractivity (Wildman–Crippen MR) is 129 cm³/mol. The Bertz CT molecular complexity index is 1160. The highest BCUT2D eigenvalue weighted by molar-refractivity contribution is 7.12. The topological polar surface area (TPSA) is 85.9 Å². The van der Waals surface area contributed by atoms with Crippen molar-refractivity contribution in [2.45, 2.75) is 0 Å². The second-order valence-electron chi connectivity index (χ2n) is 7.71. The third-order valence-electron chi connectivity index (χ3n) is 5.85. The zero-order valence-corrected chi connectivity index (χ0v) is 19.1. The number of anilines is 6. The summed E-state index contributed by atoms with van der Waals surface area (Å²) in [6, 6.07) is 8.04. The van der Waals surface area contributed by atoms with Crippen molar-refractivity contribution in [3.8, 4) is 5.75 Å². The molecule has 2 aromatic heterocycles. The monoisotopic (exact) mass is 451 g/mol. The van der Waals surface area contributed by atoms with Gasteiger partial charge in [-0.3, -0.25) is 4.79 Å². The van der Waals surface area contributed by atoms with Crippen molar-refractivity contribution in [2.75, 3.05) is 67.4 Å². The molecule has 5 rings (SSSR count). The molecule has 0 aliphatic carbocycles. The molecule has 2 aliphatic heterocycles. The van der Waals surface area contributed by atoms with E-state index in [0.717, 1.165) is 49.0 Å². The number of rotatable bonds is 4. The van der Waals surface area contributed by atoms with E-state index in [2.05, 4.69) is 26.6 Å². The molecule has 32 heavy (non-hydrogen) atoms. The van der Waals surface area contributed by atoms with E-state index in [1.54, 1.807) is 25.3 Å². The smallest absolute Gasteiger partial charge is 0.270 e. The highest BCUT2D eigenvalue weighted by Gasteiger charge is 2.30. The Balaban J connectivity index is 1.46. The van der Waals surface area contributed by atoms with Gasteiger partial charge in [0.15, 0.2) is 5.82 Å². The van der Waals surface area contributed by atoms with Crippen LogP contribution in [0.15, 0.2) is 35.8 Å². The van der Waals surface area contributed by atoms with E-state index in [1.165, 1.54) is 11.3 Å². The van der Waals surface area contributed by atoms with Gasteiger partial charge < -0.3 is 30.1 Å². The van der Waals surface area contributed by atoms with Crippen molar-refractivity contribution in [3.63, 3.8) is 0 Å². The van der Waals surface area contributed by atoms with Gasteiger partial charge in [0.1, 0.15) is 16.3 Å². The number of hydrogen-bond acceptors (Lipinski definition) is 9. The molecule has 0 unspecified atom stereocenters. The first-order valence-corrected chi connectivity index (χ1v) is 11.3. The minimum absolute atomic E-state index is 0.0601. The predicted octanol–water partition coefficient (Wildman–Crippen LogP) is 3.06. The van der Waals surface area contributed by atoms with Crippen LogP contribution in [0.1, 0.15) is 9.67 Å². The largest absolute Gasteiger partial charge is 0.494 e. The lowest BCUT2D eigenvalue weighted by Crippen LogP contribution is -2.43. The van der Waals surface area contributed by atoms with E-state index in [4.69, 9.17) is 9.72 Å². The molecule has 9 nitrogen and oxygen atoms in total. The SMILES string of the molecule is COc1cc(N2CCNCC2)ccc1Nc1ncc2c(n1)N(C)c1ccsc1C(=O)N2C. The molecule has 0 spiro atoms. The minimum atomic E-state index is -0.0601. The summed E-state index contributed by atoms with van der Waals surface area (Å²) < 4.78 is 5.65. The number of hydrogen-bond donors (Lipinski definition) is 2. The second-order valence-corrected chi connectivity index (χ2v) is 8.62. The minimum Gasteiger partial charge on any atom is -0.494 e. The standard InChI is InChI=1S/C22H25N7O2S/c1-27-16-6-11-32-19(16)21(30)28(2)17-13-24-22(26-20(17)27)25-15-5-4-14(12-18(15)31-3)29-9-7-23-8-10-29/h4-6,11-13,23H,7-10H2,1-3H3,(H,24,25,26). The number of benzene rings is 1. The molecule has 4 heterocycles. The number of nitrogens with one attached hydrogen (secondary N) is 2. The number of carbonyl (C=O) groups excluding carboxylic acids is 1. The lowest BCUT2D eigenvalue weighted by molar-refractivity contribution is 0.0998. The van der Waals surface area contributed by atoms with Crippen molar-refractivity contribution in [2.24, 2.45) is 0 Å². The third-order valence-corrected chi connectivity index (χ3v) is 6.74. The number of aromatic nitrogens is 2. The average Bonchev–Trinajstić information content (AvgIpc) is 3.31. The van der Waals surface area contributed by atoms with Gasteiger partial charge in [0.05, 0.1) is 24.7 Å². The van der Waals surface area contributed by atoms with Gasteiger partial charge >= 0.3 is 0 Å². The summed E-state index contributed by atoms with van der Waals surface area (Å²) in [5, 5.41) is 8.57. The van der Waals surface area contributed by atoms with Crippen molar-refractivity contribution in [3.05, 3.63) is 40.7 Å². The molecule has 1 fully saturated rings. The Morgan fingerprint density at radius 1 is 1.12 bits per heavy atom. The van der Waals surface area contributed by atoms with Gasteiger partial charge in [-0.05, 0) is 23.6 Å². The lowest BCUT2D eigenvalue weighted by atomic mass is 10.2. The van der Waals surface area contributed by atoms with Crippen LogP contribution in [0.4, 0.5) is 34.5 Å². The Hall–Kier alpha value is -3.37. The fourth-order valence-electron chi connectivity index (χ4n) is 4.04. The Morgan fingerprint density at radius 2 is 1.94 bits per heavy atom. The van der Waals surface area contributed by atoms with Crippen molar-refractivity contribution in [1.82, 2.24) is 15.3 Å². The first kappa shape index (κ1) is 20.5. The second kappa shape index (κ2) is 8.29. The summed E-state index contributed by atoms with van der Waals surface area (Å²) in [6.45, 7) is 3.88. The zero-order chi connectivity index (χ0) is 22.2. The Morgan fingerprint density at radius 3 is 2.72 bits per heavy atom. The lowest BCUT2D eigenvalue weighted by Gasteiger charge is -2.30. The van der Waals surface area contributed by atoms with Crippen LogP contribution in [-0.4, -0.2) is 63.3 Å². The number of thiophene rings is 1. The maximum atomic E-state index is 12.8. The van der Waals surface area contributed by atoms with E-state index >= 15 is 0 Å². The molecule has 0 atom stereocenters. The number of fused-ring (bicyclic) bond motifs is 2. The quantitative estimate of drug-likeness (QED) is 0.626. The highest BCUT2D eigenvalue weighted by atomic mass is 32.1. The normalized spacial score (nSPS) is 15.8. The number of methoxy groups -OCH3 is 1. The van der Waals surface area contributed by atoms with E-state index in [9.17, 15) is 4.79 Å². The summed E-state index contributed by atoms with van der Waals surface area (Å²) in [5.41, 5.74) is 3.41. The maximum absolute atomic E-state index is 12.8. The van der Waals surface area contributed by atoms with Gasteiger partial charge in [0, 0.05) is 52.0 Å². The molecule has 0 radical (unpaired) electrons. The fourth-order valence-corrected chi connectivity index (χ4v) is 4.93. The number of nitrogens with zero attached hydrogens (tertiary/aromatic N) is 5. The van der Waals surface area contributed by atoms with E-state index in [-0.39, 0.29) is 5.91 Å². The molecule has 2 aliphatic rings. The zero-order valence-electron chi connectivity index (χ0n) is 18.3. The van der Waals surface area contributed by atoms with Crippen LogP contribution in [0.2, 0.25) is 0 Å². The molecular weight excluding hydrogens is 426 g/mol. The molecule has 1 aromatic carbocycles. The average molecular weight is 452 g/mol. The third kappa shape index (κ3) is 3.51. The van der Waals surface area contributed by atoms with Gasteiger partial charge in [0.2, 0.25) is 5.95 Å². The first-order valence-electron chi connectivity index (χ1n) is 10.4. The van der Waals surface area contributed by atoms with Crippen LogP contribution in [0.25, 0.3) is 0 Å². The molecule has 10 heteroatoms. The highest BCUT2D eigenvalue weighted by Crippen LogP contribution is 2.40. The number of piperazine rings is 1. The van der Waals surface area contributed by atoms with Gasteiger partial charge in [-0.1, -0.05) is 0 Å². The summed E-state index contributed by atoms with van der Waals surface area (Å²) in [4.78, 5) is 28.6. The van der Waals surface area contributed by atoms with Crippen LogP contribution in [-0.2, 0) is 0 Å². The summed E-state index contributed by atoms with van der Waals surface area (Å²) in [5.74, 6) is 1.76. The van der Waals surface area contributed by atoms with Crippen LogP contribution in [0.5, 0.6) is 5.75 Å². The van der Waals surface area contributed by atoms with E-state index in [0.29, 0.717) is 22.3 Å². The van der Waals surface area contributed by atoms with Crippen molar-refractivity contribution >= 4 is 51.8 Å². The first-order chi connectivity index (χ1) is 15.6. The van der Waals surface area contributed by atoms with Crippen LogP contribution in [0, 0.1) is 0 Å². The van der Waals surface area contributed by atoms with Gasteiger partial charge in [-0.15, -0.1) is 11.3 Å². The van der Waals surface area contributed by atoms with E-state index in [1.807, 2.05) is 35.5 Å². The Kier molecular flexibility index (Phi) is 5.32. The van der Waals surface area contributed by atoms with Crippen LogP contribution >= 0.6 is 11.3 Å². The molecule has 0 bridgehead atoms. The molecule has 166 valence electrons. The molecule has 2 N–H and O–H groups in total. The number of carbonyl (C=O) groups is 1. The molecule has 1 amide bonds. The summed E-state index contributed by atoms with van der Waals surface area (Å²) >= 11 is 1.43. The molecule has 1 saturated heterocycles. The summed E-state index contributed by atoms with van der Waals surface area (Å²) in [7, 11) is 5.32. The molecule has 0 saturated carbocycles. The summed E-state index contributed by atoms with van der Waals surface area (Å²) in [6.07, 6.45) is 1.68. The van der Waals surface area contributed by atoms with Crippen LogP contribution < -0.4 is 30.1 Å². The number of ether oxygens (including phenoxy) is 1. The van der Waals surface area contributed by atoms with E-state index < -0.39 is 0 Å². The van der Waals surface area contributed by atoms with Gasteiger partial charge in [-0.25, -0.2) is 4.98 Å². The molecular formula is C22H25N7O2S. The van der Waals surface area contributed by atoms with Crippen LogP contribution in [0.3, 0.4) is 0 Å².